The quantitative estimate of drug-likeness (QED) is 0.766. The fourth-order valence-corrected chi connectivity index (χ4v) is 2.64. The second kappa shape index (κ2) is 7.13. The predicted molar refractivity (Wildman–Crippen MR) is 97.2 cm³/mol. The number of anilines is 1. The second-order valence-corrected chi connectivity index (χ2v) is 5.71. The van der Waals surface area contributed by atoms with Gasteiger partial charge in [-0.25, -0.2) is 9.97 Å². The van der Waals surface area contributed by atoms with Crippen LogP contribution in [-0.2, 0) is 0 Å². The summed E-state index contributed by atoms with van der Waals surface area (Å²) in [7, 11) is 0. The number of carbonyl (C=O) groups excluding carboxylic acids is 1. The number of ether oxygens (including phenoxy) is 1. The van der Waals surface area contributed by atoms with Crippen molar-refractivity contribution in [2.75, 3.05) is 5.32 Å². The molecule has 126 valence electrons. The van der Waals surface area contributed by atoms with Gasteiger partial charge in [-0.2, -0.15) is 0 Å². The predicted octanol–water partition coefficient (Wildman–Crippen LogP) is 4.45. The molecule has 0 saturated carbocycles. The van der Waals surface area contributed by atoms with Crippen LogP contribution in [0, 0.1) is 20.8 Å². The average Bonchev–Trinajstić information content (AvgIpc) is 2.56. The highest BCUT2D eigenvalue weighted by Crippen LogP contribution is 2.23. The van der Waals surface area contributed by atoms with Gasteiger partial charge in [0.1, 0.15) is 17.3 Å². The summed E-state index contributed by atoms with van der Waals surface area (Å²) in [5.74, 6) is 1.92. The Morgan fingerprint density at radius 3 is 2.00 bits per heavy atom. The second-order valence-electron chi connectivity index (χ2n) is 5.71. The summed E-state index contributed by atoms with van der Waals surface area (Å²) in [6, 6.07) is 16.8. The largest absolute Gasteiger partial charge is 0.457 e. The molecule has 0 saturated heterocycles. The normalized spacial score (nSPS) is 10.4. The van der Waals surface area contributed by atoms with E-state index in [9.17, 15) is 4.79 Å². The SMILES string of the molecule is Cc1nc(C)c(C(=O)Nc2ccc(Oc3ccccc3)cc2)c(C)n1. The maximum atomic E-state index is 12.5. The summed E-state index contributed by atoms with van der Waals surface area (Å²) in [6.45, 7) is 5.44. The summed E-state index contributed by atoms with van der Waals surface area (Å²) < 4.78 is 5.74. The highest BCUT2D eigenvalue weighted by atomic mass is 16.5. The molecule has 3 aromatic rings. The summed E-state index contributed by atoms with van der Waals surface area (Å²) in [6.07, 6.45) is 0. The number of para-hydroxylation sites is 1. The van der Waals surface area contributed by atoms with Crippen LogP contribution in [0.1, 0.15) is 27.6 Å². The Morgan fingerprint density at radius 2 is 1.40 bits per heavy atom. The number of benzene rings is 2. The number of amides is 1. The molecule has 0 bridgehead atoms. The molecule has 0 radical (unpaired) electrons. The van der Waals surface area contributed by atoms with E-state index in [0.717, 1.165) is 5.75 Å². The Kier molecular flexibility index (Phi) is 4.75. The molecule has 25 heavy (non-hydrogen) atoms. The van der Waals surface area contributed by atoms with E-state index < -0.39 is 0 Å². The molecule has 0 aliphatic rings. The van der Waals surface area contributed by atoms with Crippen molar-refractivity contribution in [1.29, 1.82) is 0 Å². The van der Waals surface area contributed by atoms with Crippen LogP contribution in [0.15, 0.2) is 54.6 Å². The van der Waals surface area contributed by atoms with E-state index in [0.29, 0.717) is 34.2 Å². The topological polar surface area (TPSA) is 64.1 Å². The molecule has 1 aromatic heterocycles. The van der Waals surface area contributed by atoms with Gasteiger partial charge >= 0.3 is 0 Å². The fraction of sp³-hybridized carbons (Fsp3) is 0.150. The Morgan fingerprint density at radius 1 is 0.840 bits per heavy atom. The van der Waals surface area contributed by atoms with Crippen LogP contribution < -0.4 is 10.1 Å². The number of rotatable bonds is 4. The van der Waals surface area contributed by atoms with Gasteiger partial charge < -0.3 is 10.1 Å². The summed E-state index contributed by atoms with van der Waals surface area (Å²) in [5, 5.41) is 2.88. The third-order valence-electron chi connectivity index (χ3n) is 3.70. The first-order chi connectivity index (χ1) is 12.0. The zero-order valence-corrected chi connectivity index (χ0v) is 14.4. The van der Waals surface area contributed by atoms with E-state index in [1.165, 1.54) is 0 Å². The Balaban J connectivity index is 1.72. The molecule has 5 nitrogen and oxygen atoms in total. The third kappa shape index (κ3) is 4.01. The minimum absolute atomic E-state index is 0.216. The molecule has 1 amide bonds. The van der Waals surface area contributed by atoms with Crippen molar-refractivity contribution in [3.8, 4) is 11.5 Å². The van der Waals surface area contributed by atoms with E-state index in [1.807, 2.05) is 63.2 Å². The van der Waals surface area contributed by atoms with E-state index in [4.69, 9.17) is 4.74 Å². The number of hydrogen-bond donors (Lipinski definition) is 1. The highest BCUT2D eigenvalue weighted by Gasteiger charge is 2.15. The fourth-order valence-electron chi connectivity index (χ4n) is 2.64. The number of aryl methyl sites for hydroxylation is 3. The molecule has 0 aliphatic carbocycles. The number of carbonyl (C=O) groups is 1. The van der Waals surface area contributed by atoms with Crippen molar-refractivity contribution in [3.05, 3.63) is 77.4 Å². The van der Waals surface area contributed by atoms with Crippen molar-refractivity contribution in [1.82, 2.24) is 9.97 Å². The first kappa shape index (κ1) is 16.6. The lowest BCUT2D eigenvalue weighted by molar-refractivity contribution is 0.102. The molecule has 0 fully saturated rings. The maximum absolute atomic E-state index is 12.5. The van der Waals surface area contributed by atoms with Crippen LogP contribution in [0.25, 0.3) is 0 Å². The van der Waals surface area contributed by atoms with Gasteiger partial charge in [0.05, 0.1) is 17.0 Å². The lowest BCUT2D eigenvalue weighted by Gasteiger charge is -2.11. The lowest BCUT2D eigenvalue weighted by atomic mass is 10.1. The molecule has 0 unspecified atom stereocenters. The summed E-state index contributed by atoms with van der Waals surface area (Å²) in [4.78, 5) is 21.1. The molecule has 5 heteroatoms. The summed E-state index contributed by atoms with van der Waals surface area (Å²) >= 11 is 0. The van der Waals surface area contributed by atoms with E-state index in [1.54, 1.807) is 12.1 Å². The molecule has 0 atom stereocenters. The van der Waals surface area contributed by atoms with Gasteiger partial charge in [0, 0.05) is 5.69 Å². The van der Waals surface area contributed by atoms with Gasteiger partial charge in [0.2, 0.25) is 0 Å². The van der Waals surface area contributed by atoms with E-state index in [-0.39, 0.29) is 5.91 Å². The number of nitrogens with zero attached hydrogens (tertiary/aromatic N) is 2. The molecule has 3 rings (SSSR count). The number of nitrogens with one attached hydrogen (secondary N) is 1. The first-order valence-corrected chi connectivity index (χ1v) is 7.99. The monoisotopic (exact) mass is 333 g/mol. The molecule has 0 spiro atoms. The van der Waals surface area contributed by atoms with Crippen molar-refractivity contribution < 1.29 is 9.53 Å². The van der Waals surface area contributed by atoms with Crippen molar-refractivity contribution >= 4 is 11.6 Å². The van der Waals surface area contributed by atoms with Gasteiger partial charge in [-0.05, 0) is 57.2 Å². The zero-order chi connectivity index (χ0) is 17.8. The van der Waals surface area contributed by atoms with Crippen LogP contribution >= 0.6 is 0 Å². The smallest absolute Gasteiger partial charge is 0.259 e. The lowest BCUT2D eigenvalue weighted by Crippen LogP contribution is -2.17. The average molecular weight is 333 g/mol. The van der Waals surface area contributed by atoms with Crippen molar-refractivity contribution in [3.63, 3.8) is 0 Å². The van der Waals surface area contributed by atoms with Crippen LogP contribution in [0.2, 0.25) is 0 Å². The van der Waals surface area contributed by atoms with Gasteiger partial charge in [-0.3, -0.25) is 4.79 Å². The Hall–Kier alpha value is -3.21. The van der Waals surface area contributed by atoms with E-state index >= 15 is 0 Å². The highest BCUT2D eigenvalue weighted by molar-refractivity contribution is 6.05. The minimum Gasteiger partial charge on any atom is -0.457 e. The van der Waals surface area contributed by atoms with Crippen molar-refractivity contribution in [2.24, 2.45) is 0 Å². The molecular formula is C20H19N3O2. The molecule has 2 aromatic carbocycles. The van der Waals surface area contributed by atoms with Crippen LogP contribution in [-0.4, -0.2) is 15.9 Å². The Bertz CT molecular complexity index is 868. The summed E-state index contributed by atoms with van der Waals surface area (Å²) in [5.41, 5.74) is 2.54. The van der Waals surface area contributed by atoms with E-state index in [2.05, 4.69) is 15.3 Å². The zero-order valence-electron chi connectivity index (χ0n) is 14.4. The molecule has 0 aliphatic heterocycles. The van der Waals surface area contributed by atoms with Gasteiger partial charge in [0.15, 0.2) is 0 Å². The third-order valence-corrected chi connectivity index (χ3v) is 3.70. The van der Waals surface area contributed by atoms with Crippen LogP contribution in [0.3, 0.4) is 0 Å². The van der Waals surface area contributed by atoms with Gasteiger partial charge in [-0.15, -0.1) is 0 Å². The van der Waals surface area contributed by atoms with Crippen molar-refractivity contribution in [2.45, 2.75) is 20.8 Å². The molecule has 1 heterocycles. The maximum Gasteiger partial charge on any atom is 0.259 e. The molecular weight excluding hydrogens is 314 g/mol. The molecule has 1 N–H and O–H groups in total. The number of aromatic nitrogens is 2. The van der Waals surface area contributed by atoms with Crippen LogP contribution in [0.5, 0.6) is 11.5 Å². The standard InChI is InChI=1S/C20H19N3O2/c1-13-19(14(2)22-15(3)21-13)20(24)23-16-9-11-18(12-10-16)25-17-7-5-4-6-8-17/h4-12H,1-3H3,(H,23,24). The Labute approximate surface area is 146 Å². The van der Waals surface area contributed by atoms with Crippen LogP contribution in [0.4, 0.5) is 5.69 Å². The van der Waals surface area contributed by atoms with Gasteiger partial charge in [-0.1, -0.05) is 18.2 Å². The number of hydrogen-bond acceptors (Lipinski definition) is 4. The van der Waals surface area contributed by atoms with Gasteiger partial charge in [0.25, 0.3) is 5.91 Å². The minimum atomic E-state index is -0.216. The first-order valence-electron chi connectivity index (χ1n) is 7.99.